The number of carbonyl (C=O) groups is 1. The topological polar surface area (TPSA) is 71.7 Å². The lowest BCUT2D eigenvalue weighted by Gasteiger charge is -2.38. The number of nitrogens with two attached hydrogens (primary N) is 1. The minimum absolute atomic E-state index is 0. The molecule has 0 bridgehead atoms. The Morgan fingerprint density at radius 3 is 2.40 bits per heavy atom. The molecule has 25 heavy (non-hydrogen) atoms. The second kappa shape index (κ2) is 13.6. The van der Waals surface area contributed by atoms with Gasteiger partial charge in [-0.05, 0) is 18.6 Å². The number of hydrogen-bond acceptors (Lipinski definition) is 5. The van der Waals surface area contributed by atoms with Crippen molar-refractivity contribution in [3.63, 3.8) is 0 Å². The number of carbonyl (C=O) groups excluding carboxylic acids is 1. The third-order valence-corrected chi connectivity index (χ3v) is 4.38. The molecule has 1 amide bonds. The Bertz CT molecular complexity index is 470. The Labute approximate surface area is 168 Å². The summed E-state index contributed by atoms with van der Waals surface area (Å²) in [6.07, 6.45) is 3.88. The van der Waals surface area contributed by atoms with Gasteiger partial charge in [0.1, 0.15) is 0 Å². The summed E-state index contributed by atoms with van der Waals surface area (Å²) in [7, 11) is 1.60. The monoisotopic (exact) mass is 414 g/mol. The van der Waals surface area contributed by atoms with Gasteiger partial charge in [-0.1, -0.05) is 6.07 Å². The van der Waals surface area contributed by atoms with Gasteiger partial charge in [0.25, 0.3) is 0 Å². The van der Waals surface area contributed by atoms with Crippen molar-refractivity contribution in [1.29, 1.82) is 0 Å². The predicted molar refractivity (Wildman–Crippen MR) is 107 cm³/mol. The summed E-state index contributed by atoms with van der Waals surface area (Å²) in [5.41, 5.74) is 6.79. The maximum absolute atomic E-state index is 12.2. The summed E-state index contributed by atoms with van der Waals surface area (Å²) in [6, 6.07) is 4.38. The third-order valence-electron chi connectivity index (χ3n) is 4.38. The van der Waals surface area contributed by atoms with Gasteiger partial charge in [-0.2, -0.15) is 0 Å². The lowest BCUT2D eigenvalue weighted by molar-refractivity contribution is -0.135. The smallest absolute Gasteiger partial charge is 0.225 e. The Morgan fingerprint density at radius 1 is 1.28 bits per heavy atom. The third kappa shape index (κ3) is 7.64. The van der Waals surface area contributed by atoms with Crippen LogP contribution < -0.4 is 5.73 Å². The van der Waals surface area contributed by atoms with Crippen molar-refractivity contribution in [3.05, 3.63) is 30.1 Å². The van der Waals surface area contributed by atoms with Crippen LogP contribution in [0.1, 0.15) is 24.9 Å². The van der Waals surface area contributed by atoms with Crippen molar-refractivity contribution >= 4 is 43.1 Å². The lowest BCUT2D eigenvalue weighted by Crippen LogP contribution is -2.50. The van der Waals surface area contributed by atoms with E-state index in [4.69, 9.17) is 10.5 Å². The van der Waals surface area contributed by atoms with Gasteiger partial charge in [0.05, 0.1) is 12.5 Å². The molecule has 2 heterocycles. The molecule has 0 radical (unpaired) electrons. The number of aromatic nitrogens is 1. The maximum Gasteiger partial charge on any atom is 0.225 e. The molecule has 2 N–H and O–H groups in total. The lowest BCUT2D eigenvalue weighted by atomic mass is 10.1. The number of nitrogens with zero attached hydrogens (tertiary/aromatic N) is 3. The quantitative estimate of drug-likeness (QED) is 0.768. The van der Waals surface area contributed by atoms with Crippen LogP contribution >= 0.6 is 37.2 Å². The Hall–Kier alpha value is -0.630. The molecule has 1 aliphatic heterocycles. The second-order valence-electron chi connectivity index (χ2n) is 5.68. The average molecular weight is 416 g/mol. The van der Waals surface area contributed by atoms with Gasteiger partial charge < -0.3 is 15.4 Å². The summed E-state index contributed by atoms with van der Waals surface area (Å²) < 4.78 is 5.19. The molecule has 2 rings (SSSR count). The summed E-state index contributed by atoms with van der Waals surface area (Å²) >= 11 is 0. The van der Waals surface area contributed by atoms with Crippen LogP contribution in [-0.4, -0.2) is 66.6 Å². The van der Waals surface area contributed by atoms with Crippen molar-refractivity contribution in [2.45, 2.75) is 25.5 Å². The molecule has 146 valence electrons. The highest BCUT2D eigenvalue weighted by Crippen LogP contribution is 2.20. The molecule has 1 saturated heterocycles. The molecule has 1 aromatic rings. The molecule has 1 fully saturated rings. The molecule has 1 aromatic heterocycles. The van der Waals surface area contributed by atoms with Gasteiger partial charge in [0.15, 0.2) is 0 Å². The SMILES string of the molecule is COC(CN)CC(=O)N1CCN(C(C)c2cccnc2)CC1.Cl.Cl.Cl. The van der Waals surface area contributed by atoms with Crippen LogP contribution in [0.5, 0.6) is 0 Å². The summed E-state index contributed by atoms with van der Waals surface area (Å²) in [4.78, 5) is 20.7. The first-order chi connectivity index (χ1) is 10.7. The molecule has 2 unspecified atom stereocenters. The molecular formula is C16H29Cl3N4O2. The van der Waals surface area contributed by atoms with Gasteiger partial charge in [-0.25, -0.2) is 0 Å². The number of rotatable bonds is 6. The highest BCUT2D eigenvalue weighted by Gasteiger charge is 2.25. The molecule has 0 aromatic carbocycles. The zero-order chi connectivity index (χ0) is 15.9. The van der Waals surface area contributed by atoms with E-state index in [1.165, 1.54) is 5.56 Å². The predicted octanol–water partition coefficient (Wildman–Crippen LogP) is 1.92. The number of amides is 1. The second-order valence-corrected chi connectivity index (χ2v) is 5.68. The van der Waals surface area contributed by atoms with Crippen LogP contribution in [0.3, 0.4) is 0 Å². The van der Waals surface area contributed by atoms with Crippen LogP contribution in [0, 0.1) is 0 Å². The van der Waals surface area contributed by atoms with Crippen LogP contribution in [0.25, 0.3) is 0 Å². The number of methoxy groups -OCH3 is 1. The number of halogens is 3. The molecule has 9 heteroatoms. The van der Waals surface area contributed by atoms with E-state index in [2.05, 4.69) is 22.9 Å². The van der Waals surface area contributed by atoms with Crippen molar-refractivity contribution in [1.82, 2.24) is 14.8 Å². The van der Waals surface area contributed by atoms with Gasteiger partial charge in [-0.15, -0.1) is 37.2 Å². The fourth-order valence-electron chi connectivity index (χ4n) is 2.78. The number of pyridine rings is 1. The normalized spacial score (nSPS) is 16.7. The molecule has 0 saturated carbocycles. The summed E-state index contributed by atoms with van der Waals surface area (Å²) in [5, 5.41) is 0. The van der Waals surface area contributed by atoms with E-state index in [9.17, 15) is 4.79 Å². The van der Waals surface area contributed by atoms with Gasteiger partial charge in [0, 0.05) is 58.3 Å². The highest BCUT2D eigenvalue weighted by molar-refractivity contribution is 5.86. The summed E-state index contributed by atoms with van der Waals surface area (Å²) in [6.45, 7) is 5.82. The number of ether oxygens (including phenoxy) is 1. The molecule has 0 spiro atoms. The van der Waals surface area contributed by atoms with Crippen LogP contribution in [-0.2, 0) is 9.53 Å². The van der Waals surface area contributed by atoms with Crippen LogP contribution in [0.2, 0.25) is 0 Å². The molecule has 2 atom stereocenters. The number of piperazine rings is 1. The van der Waals surface area contributed by atoms with Crippen LogP contribution in [0.15, 0.2) is 24.5 Å². The minimum atomic E-state index is -0.181. The molecule has 6 nitrogen and oxygen atoms in total. The van der Waals surface area contributed by atoms with Crippen molar-refractivity contribution < 1.29 is 9.53 Å². The van der Waals surface area contributed by atoms with Gasteiger partial charge in [0.2, 0.25) is 5.91 Å². The van der Waals surface area contributed by atoms with E-state index >= 15 is 0 Å². The van der Waals surface area contributed by atoms with E-state index in [1.54, 1.807) is 13.3 Å². The Morgan fingerprint density at radius 2 is 1.92 bits per heavy atom. The van der Waals surface area contributed by atoms with Crippen molar-refractivity contribution in [2.24, 2.45) is 5.73 Å². The van der Waals surface area contributed by atoms with E-state index in [0.29, 0.717) is 19.0 Å². The molecule has 0 aliphatic carbocycles. The summed E-state index contributed by atoms with van der Waals surface area (Å²) in [5.74, 6) is 0.131. The fourth-order valence-corrected chi connectivity index (χ4v) is 2.78. The zero-order valence-corrected chi connectivity index (χ0v) is 17.1. The van der Waals surface area contributed by atoms with Crippen molar-refractivity contribution in [2.75, 3.05) is 39.8 Å². The van der Waals surface area contributed by atoms with Crippen LogP contribution in [0.4, 0.5) is 0 Å². The highest BCUT2D eigenvalue weighted by atomic mass is 35.5. The Kier molecular flexibility index (Phi) is 14.4. The standard InChI is InChI=1S/C16H26N4O2.3ClH/c1-13(14-4-3-5-18-12-14)19-6-8-20(9-7-19)16(21)10-15(11-17)22-2;;;/h3-5,12-13,15H,6-11,17H2,1-2H3;3*1H. The van der Waals surface area contributed by atoms with E-state index in [1.807, 2.05) is 17.2 Å². The van der Waals surface area contributed by atoms with Gasteiger partial charge >= 0.3 is 0 Å². The minimum Gasteiger partial charge on any atom is -0.380 e. The zero-order valence-electron chi connectivity index (χ0n) is 14.7. The maximum atomic E-state index is 12.2. The van der Waals surface area contributed by atoms with Crippen molar-refractivity contribution in [3.8, 4) is 0 Å². The van der Waals surface area contributed by atoms with E-state index < -0.39 is 0 Å². The molecular weight excluding hydrogens is 387 g/mol. The first-order valence-electron chi connectivity index (χ1n) is 7.80. The van der Waals surface area contributed by atoms with E-state index in [-0.39, 0.29) is 49.2 Å². The first kappa shape index (κ1) is 26.6. The number of hydrogen-bond donors (Lipinski definition) is 1. The molecule has 1 aliphatic rings. The Balaban J connectivity index is 0. The average Bonchev–Trinajstić information content (AvgIpc) is 2.59. The first-order valence-corrected chi connectivity index (χ1v) is 7.80. The fraction of sp³-hybridized carbons (Fsp3) is 0.625. The van der Waals surface area contributed by atoms with Gasteiger partial charge in [-0.3, -0.25) is 14.7 Å². The largest absolute Gasteiger partial charge is 0.380 e. The van der Waals surface area contributed by atoms with E-state index in [0.717, 1.165) is 26.2 Å².